The molecule has 14 heavy (non-hydrogen) atoms. The zero-order valence-electron chi connectivity index (χ0n) is 8.74. The maximum atomic E-state index is 5.49. The molecule has 0 aromatic carbocycles. The molecular formula is C10H18N4. The van der Waals surface area contributed by atoms with E-state index in [9.17, 15) is 0 Å². The molecule has 2 N–H and O–H groups in total. The highest BCUT2D eigenvalue weighted by atomic mass is 15.4. The fourth-order valence-electron chi connectivity index (χ4n) is 1.69. The van der Waals surface area contributed by atoms with Crippen LogP contribution in [0.5, 0.6) is 0 Å². The first-order chi connectivity index (χ1) is 6.81. The lowest BCUT2D eigenvalue weighted by molar-refractivity contribution is 0.521. The molecule has 1 aliphatic rings. The first-order valence-electron chi connectivity index (χ1n) is 5.40. The predicted molar refractivity (Wildman–Crippen MR) is 54.9 cm³/mol. The summed E-state index contributed by atoms with van der Waals surface area (Å²) in [5.41, 5.74) is 7.74. The molecule has 0 unspecified atom stereocenters. The van der Waals surface area contributed by atoms with Gasteiger partial charge >= 0.3 is 0 Å². The Labute approximate surface area is 84.5 Å². The highest BCUT2D eigenvalue weighted by molar-refractivity contribution is 5.08. The lowest BCUT2D eigenvalue weighted by Crippen LogP contribution is -2.06. The third-order valence-electron chi connectivity index (χ3n) is 2.91. The topological polar surface area (TPSA) is 56.7 Å². The number of aryl methyl sites for hydroxylation is 1. The van der Waals surface area contributed by atoms with Gasteiger partial charge in [0.2, 0.25) is 0 Å². The Kier molecular flexibility index (Phi) is 2.82. The maximum absolute atomic E-state index is 5.49. The summed E-state index contributed by atoms with van der Waals surface area (Å²) < 4.78 is 2.02. The smallest absolute Gasteiger partial charge is 0.0868 e. The van der Waals surface area contributed by atoms with Gasteiger partial charge < -0.3 is 5.73 Å². The third kappa shape index (κ3) is 2.12. The van der Waals surface area contributed by atoms with Crippen molar-refractivity contribution in [1.82, 2.24) is 15.0 Å². The molecule has 0 atom stereocenters. The Morgan fingerprint density at radius 1 is 1.50 bits per heavy atom. The average molecular weight is 194 g/mol. The van der Waals surface area contributed by atoms with Crippen LogP contribution in [0, 0.1) is 12.8 Å². The van der Waals surface area contributed by atoms with E-state index >= 15 is 0 Å². The van der Waals surface area contributed by atoms with Crippen LogP contribution >= 0.6 is 0 Å². The molecule has 0 aliphatic heterocycles. The van der Waals surface area contributed by atoms with Crippen molar-refractivity contribution >= 4 is 0 Å². The second kappa shape index (κ2) is 4.09. The number of hydrogen-bond donors (Lipinski definition) is 1. The molecule has 0 radical (unpaired) electrons. The van der Waals surface area contributed by atoms with Gasteiger partial charge in [0.05, 0.1) is 11.4 Å². The molecule has 1 saturated carbocycles. The van der Waals surface area contributed by atoms with E-state index in [4.69, 9.17) is 5.73 Å². The molecule has 0 saturated heterocycles. The standard InChI is InChI=1S/C10H18N4/c1-8-10(4-6-11)12-13-14(8)7-5-9-2-3-9/h9H,2-7,11H2,1H3. The normalized spacial score (nSPS) is 16.1. The Morgan fingerprint density at radius 2 is 2.29 bits per heavy atom. The fraction of sp³-hybridized carbons (Fsp3) is 0.800. The number of hydrogen-bond acceptors (Lipinski definition) is 3. The van der Waals surface area contributed by atoms with Crippen LogP contribution in [0.4, 0.5) is 0 Å². The summed E-state index contributed by atoms with van der Waals surface area (Å²) in [7, 11) is 0. The minimum Gasteiger partial charge on any atom is -0.330 e. The van der Waals surface area contributed by atoms with E-state index in [0.29, 0.717) is 6.54 Å². The van der Waals surface area contributed by atoms with Gasteiger partial charge in [0.15, 0.2) is 0 Å². The average Bonchev–Trinajstić information content (AvgIpc) is 2.94. The molecular weight excluding hydrogens is 176 g/mol. The van der Waals surface area contributed by atoms with Crippen molar-refractivity contribution in [2.45, 2.75) is 39.2 Å². The zero-order valence-corrected chi connectivity index (χ0v) is 8.74. The van der Waals surface area contributed by atoms with Crippen LogP contribution in [0.2, 0.25) is 0 Å². The second-order valence-electron chi connectivity index (χ2n) is 4.12. The summed E-state index contributed by atoms with van der Waals surface area (Å²) in [6, 6.07) is 0. The van der Waals surface area contributed by atoms with E-state index < -0.39 is 0 Å². The van der Waals surface area contributed by atoms with Gasteiger partial charge in [-0.1, -0.05) is 18.1 Å². The molecule has 4 heteroatoms. The molecule has 0 spiro atoms. The molecule has 1 aliphatic carbocycles. The second-order valence-corrected chi connectivity index (χ2v) is 4.12. The first-order valence-corrected chi connectivity index (χ1v) is 5.40. The lowest BCUT2D eigenvalue weighted by atomic mass is 10.2. The highest BCUT2D eigenvalue weighted by Crippen LogP contribution is 2.32. The summed E-state index contributed by atoms with van der Waals surface area (Å²) in [4.78, 5) is 0. The van der Waals surface area contributed by atoms with Gasteiger partial charge in [-0.2, -0.15) is 0 Å². The van der Waals surface area contributed by atoms with Crippen molar-refractivity contribution in [2.24, 2.45) is 11.7 Å². The van der Waals surface area contributed by atoms with E-state index in [0.717, 1.165) is 24.6 Å². The van der Waals surface area contributed by atoms with Gasteiger partial charge in [0.25, 0.3) is 0 Å². The molecule has 1 aromatic heterocycles. The van der Waals surface area contributed by atoms with E-state index in [1.807, 2.05) is 4.68 Å². The molecule has 1 fully saturated rings. The van der Waals surface area contributed by atoms with Gasteiger partial charge in [0.1, 0.15) is 0 Å². The predicted octanol–water partition coefficient (Wildman–Crippen LogP) is 0.888. The lowest BCUT2D eigenvalue weighted by Gasteiger charge is -2.02. The van der Waals surface area contributed by atoms with E-state index in [2.05, 4.69) is 17.2 Å². The number of nitrogens with two attached hydrogens (primary N) is 1. The van der Waals surface area contributed by atoms with Gasteiger partial charge in [0, 0.05) is 13.0 Å². The minimum atomic E-state index is 0.655. The Hall–Kier alpha value is -0.900. The zero-order chi connectivity index (χ0) is 9.97. The summed E-state index contributed by atoms with van der Waals surface area (Å²) in [6.07, 6.45) is 4.91. The molecule has 1 aromatic rings. The van der Waals surface area contributed by atoms with Crippen LogP contribution < -0.4 is 5.73 Å². The molecule has 1 heterocycles. The maximum Gasteiger partial charge on any atom is 0.0868 e. The summed E-state index contributed by atoms with van der Waals surface area (Å²) in [5, 5.41) is 8.28. The monoisotopic (exact) mass is 194 g/mol. The van der Waals surface area contributed by atoms with Crippen LogP contribution in [0.1, 0.15) is 30.7 Å². The van der Waals surface area contributed by atoms with Crippen molar-refractivity contribution < 1.29 is 0 Å². The van der Waals surface area contributed by atoms with Gasteiger partial charge in [-0.3, -0.25) is 0 Å². The number of aromatic nitrogens is 3. The minimum absolute atomic E-state index is 0.655. The molecule has 78 valence electrons. The van der Waals surface area contributed by atoms with Crippen molar-refractivity contribution in [3.05, 3.63) is 11.4 Å². The SMILES string of the molecule is Cc1c(CCN)nnn1CCC1CC1. The third-order valence-corrected chi connectivity index (χ3v) is 2.91. The first kappa shape index (κ1) is 9.65. The largest absolute Gasteiger partial charge is 0.330 e. The van der Waals surface area contributed by atoms with E-state index in [1.54, 1.807) is 0 Å². The molecule has 4 nitrogen and oxygen atoms in total. The quantitative estimate of drug-likeness (QED) is 0.757. The molecule has 0 bridgehead atoms. The summed E-state index contributed by atoms with van der Waals surface area (Å²) in [5.74, 6) is 0.955. The number of rotatable bonds is 5. The van der Waals surface area contributed by atoms with Crippen LogP contribution in [-0.4, -0.2) is 21.5 Å². The Bertz CT molecular complexity index is 301. The van der Waals surface area contributed by atoms with E-state index in [1.165, 1.54) is 25.0 Å². The molecule has 0 amide bonds. The van der Waals surface area contributed by atoms with Gasteiger partial charge in [-0.15, -0.1) is 5.10 Å². The van der Waals surface area contributed by atoms with Crippen molar-refractivity contribution in [1.29, 1.82) is 0 Å². The van der Waals surface area contributed by atoms with Gasteiger partial charge in [-0.05, 0) is 25.8 Å². The van der Waals surface area contributed by atoms with Crippen LogP contribution in [0.3, 0.4) is 0 Å². The van der Waals surface area contributed by atoms with Crippen molar-refractivity contribution in [3.8, 4) is 0 Å². The van der Waals surface area contributed by atoms with Crippen LogP contribution in [0.25, 0.3) is 0 Å². The summed E-state index contributed by atoms with van der Waals surface area (Å²) >= 11 is 0. The fourth-order valence-corrected chi connectivity index (χ4v) is 1.69. The van der Waals surface area contributed by atoms with E-state index in [-0.39, 0.29) is 0 Å². The Morgan fingerprint density at radius 3 is 2.93 bits per heavy atom. The summed E-state index contributed by atoms with van der Waals surface area (Å²) in [6.45, 7) is 3.76. The van der Waals surface area contributed by atoms with Crippen molar-refractivity contribution in [2.75, 3.05) is 6.54 Å². The highest BCUT2D eigenvalue weighted by Gasteiger charge is 2.21. The van der Waals surface area contributed by atoms with Gasteiger partial charge in [-0.25, -0.2) is 4.68 Å². The van der Waals surface area contributed by atoms with Crippen molar-refractivity contribution in [3.63, 3.8) is 0 Å². The Balaban J connectivity index is 1.94. The van der Waals surface area contributed by atoms with Crippen LogP contribution in [0.15, 0.2) is 0 Å². The molecule has 2 rings (SSSR count). The van der Waals surface area contributed by atoms with Crippen LogP contribution in [-0.2, 0) is 13.0 Å². The number of nitrogens with zero attached hydrogens (tertiary/aromatic N) is 3.